The van der Waals surface area contributed by atoms with Crippen molar-refractivity contribution in [1.29, 1.82) is 0 Å². The fourth-order valence-electron chi connectivity index (χ4n) is 4.77. The zero-order valence-electron chi connectivity index (χ0n) is 17.8. The number of benzene rings is 1. The normalized spacial score (nSPS) is 22.2. The third-order valence-corrected chi connectivity index (χ3v) is 7.53. The van der Waals surface area contributed by atoms with E-state index in [0.29, 0.717) is 13.2 Å². The van der Waals surface area contributed by atoms with Crippen molar-refractivity contribution in [2.24, 2.45) is 11.7 Å². The third kappa shape index (κ3) is 4.33. The second kappa shape index (κ2) is 9.11. The molecule has 0 bridgehead atoms. The molecule has 9 heteroatoms. The summed E-state index contributed by atoms with van der Waals surface area (Å²) in [4.78, 5) is 26.4. The first-order chi connectivity index (χ1) is 15.6. The number of carbonyl (C=O) groups excluding carboxylic acids is 1. The first-order valence-corrected chi connectivity index (χ1v) is 11.8. The zero-order chi connectivity index (χ0) is 22.1. The highest BCUT2D eigenvalue weighted by Gasteiger charge is 2.36. The highest BCUT2D eigenvalue weighted by Crippen LogP contribution is 2.38. The fourth-order valence-corrected chi connectivity index (χ4v) is 5.93. The molecule has 3 aromatic rings. The van der Waals surface area contributed by atoms with Gasteiger partial charge in [0, 0.05) is 43.2 Å². The molecule has 1 aromatic carbocycles. The third-order valence-electron chi connectivity index (χ3n) is 6.43. The molecule has 2 unspecified atom stereocenters. The molecule has 2 aliphatic heterocycles. The first-order valence-electron chi connectivity index (χ1n) is 11.0. The Morgan fingerprint density at radius 1 is 1.22 bits per heavy atom. The Bertz CT molecular complexity index is 1060. The molecule has 32 heavy (non-hydrogen) atoms. The van der Waals surface area contributed by atoms with Crippen LogP contribution in [-0.2, 0) is 9.53 Å². The molecule has 0 saturated carbocycles. The predicted octanol–water partition coefficient (Wildman–Crippen LogP) is 2.67. The van der Waals surface area contributed by atoms with Crippen molar-refractivity contribution in [3.8, 4) is 5.75 Å². The number of phenols is 1. The number of thiophene rings is 1. The topological polar surface area (TPSA) is 105 Å². The molecule has 4 heterocycles. The number of likely N-dealkylation sites (tertiary alicyclic amines) is 1. The number of aromatic nitrogens is 2. The van der Waals surface area contributed by atoms with Gasteiger partial charge in [-0.1, -0.05) is 12.1 Å². The lowest BCUT2D eigenvalue weighted by Crippen LogP contribution is -2.50. The minimum Gasteiger partial charge on any atom is -0.508 e. The SMILES string of the molecule is NC(=O)C1CCN(C(c2cc3ncncc3s2)N2CCOC(c3cccc(O)c3)C2)CC1. The number of morpholine rings is 1. The minimum atomic E-state index is -0.200. The molecular weight excluding hydrogens is 426 g/mol. The van der Waals surface area contributed by atoms with Crippen LogP contribution >= 0.6 is 11.3 Å². The van der Waals surface area contributed by atoms with Crippen LogP contribution in [0.2, 0.25) is 0 Å². The van der Waals surface area contributed by atoms with Crippen LogP contribution in [0.15, 0.2) is 42.9 Å². The number of piperidine rings is 1. The van der Waals surface area contributed by atoms with Gasteiger partial charge in [-0.05, 0) is 36.6 Å². The maximum absolute atomic E-state index is 11.7. The Kier molecular flexibility index (Phi) is 6.05. The number of aromatic hydroxyl groups is 1. The second-order valence-electron chi connectivity index (χ2n) is 8.46. The Morgan fingerprint density at radius 2 is 2.06 bits per heavy atom. The van der Waals surface area contributed by atoms with E-state index in [0.717, 1.165) is 48.3 Å². The monoisotopic (exact) mass is 453 g/mol. The van der Waals surface area contributed by atoms with Gasteiger partial charge >= 0.3 is 0 Å². The lowest BCUT2D eigenvalue weighted by Gasteiger charge is -2.45. The number of rotatable bonds is 5. The van der Waals surface area contributed by atoms with Gasteiger partial charge in [-0.15, -0.1) is 11.3 Å². The number of fused-ring (bicyclic) bond motifs is 1. The summed E-state index contributed by atoms with van der Waals surface area (Å²) in [6.07, 6.45) is 4.94. The number of hydrogen-bond donors (Lipinski definition) is 2. The van der Waals surface area contributed by atoms with Gasteiger partial charge in [0.15, 0.2) is 0 Å². The van der Waals surface area contributed by atoms with Gasteiger partial charge in [0.2, 0.25) is 5.91 Å². The van der Waals surface area contributed by atoms with E-state index >= 15 is 0 Å². The molecule has 3 N–H and O–H groups in total. The average molecular weight is 454 g/mol. The Labute approximate surface area is 190 Å². The average Bonchev–Trinajstić information content (AvgIpc) is 3.23. The number of phenolic OH excluding ortho intramolecular Hbond substituents is 1. The second-order valence-corrected chi connectivity index (χ2v) is 9.57. The number of amides is 1. The molecule has 1 amide bonds. The van der Waals surface area contributed by atoms with Crippen LogP contribution in [0.3, 0.4) is 0 Å². The minimum absolute atomic E-state index is 0.0510. The van der Waals surface area contributed by atoms with Crippen LogP contribution in [0, 0.1) is 5.92 Å². The van der Waals surface area contributed by atoms with Gasteiger partial charge in [-0.3, -0.25) is 14.6 Å². The smallest absolute Gasteiger partial charge is 0.220 e. The largest absolute Gasteiger partial charge is 0.508 e. The quantitative estimate of drug-likeness (QED) is 0.612. The van der Waals surface area contributed by atoms with E-state index in [1.165, 1.54) is 4.88 Å². The van der Waals surface area contributed by atoms with Crippen LogP contribution in [0.4, 0.5) is 0 Å². The molecule has 0 spiro atoms. The van der Waals surface area contributed by atoms with E-state index in [-0.39, 0.29) is 29.8 Å². The molecule has 2 saturated heterocycles. The summed E-state index contributed by atoms with van der Waals surface area (Å²) < 4.78 is 7.15. The number of carbonyl (C=O) groups is 1. The van der Waals surface area contributed by atoms with Crippen molar-refractivity contribution in [3.05, 3.63) is 53.3 Å². The van der Waals surface area contributed by atoms with E-state index in [1.54, 1.807) is 29.8 Å². The summed E-state index contributed by atoms with van der Waals surface area (Å²) >= 11 is 1.72. The summed E-state index contributed by atoms with van der Waals surface area (Å²) in [6, 6.07) is 9.45. The number of nitrogens with two attached hydrogens (primary N) is 1. The highest BCUT2D eigenvalue weighted by molar-refractivity contribution is 7.19. The predicted molar refractivity (Wildman–Crippen MR) is 122 cm³/mol. The maximum Gasteiger partial charge on any atom is 0.220 e. The molecule has 2 aliphatic rings. The number of ether oxygens (including phenoxy) is 1. The standard InChI is InChI=1S/C23H27N5O3S/c24-22(30)15-4-6-27(7-5-15)23(20-11-18-21(32-20)12-25-14-26-18)28-8-9-31-19(13-28)16-2-1-3-17(29)10-16/h1-3,10-12,14-15,19,23,29H,4-9,13H2,(H2,24,30). The molecule has 0 radical (unpaired) electrons. The Hall–Kier alpha value is -2.59. The highest BCUT2D eigenvalue weighted by atomic mass is 32.1. The van der Waals surface area contributed by atoms with E-state index < -0.39 is 0 Å². The summed E-state index contributed by atoms with van der Waals surface area (Å²) in [5, 5.41) is 9.92. The van der Waals surface area contributed by atoms with Crippen molar-refractivity contribution in [1.82, 2.24) is 19.8 Å². The molecule has 2 atom stereocenters. The number of nitrogens with zero attached hydrogens (tertiary/aromatic N) is 4. The summed E-state index contributed by atoms with van der Waals surface area (Å²) in [5.74, 6) is -0.00468. The van der Waals surface area contributed by atoms with E-state index in [2.05, 4.69) is 25.8 Å². The lowest BCUT2D eigenvalue weighted by atomic mass is 9.95. The fraction of sp³-hybridized carbons (Fsp3) is 0.435. The maximum atomic E-state index is 11.7. The van der Waals surface area contributed by atoms with E-state index in [9.17, 15) is 9.90 Å². The van der Waals surface area contributed by atoms with Crippen LogP contribution in [0.25, 0.3) is 10.2 Å². The van der Waals surface area contributed by atoms with Gasteiger partial charge in [0.05, 0.1) is 29.1 Å². The van der Waals surface area contributed by atoms with Gasteiger partial charge in [0.1, 0.15) is 12.1 Å². The van der Waals surface area contributed by atoms with Crippen molar-refractivity contribution >= 4 is 27.5 Å². The molecule has 168 valence electrons. The van der Waals surface area contributed by atoms with E-state index in [4.69, 9.17) is 10.5 Å². The lowest BCUT2D eigenvalue weighted by molar-refractivity contribution is -0.124. The number of hydrogen-bond acceptors (Lipinski definition) is 8. The van der Waals surface area contributed by atoms with Gasteiger partial charge in [-0.2, -0.15) is 0 Å². The Morgan fingerprint density at radius 3 is 2.81 bits per heavy atom. The van der Waals surface area contributed by atoms with Crippen LogP contribution in [-0.4, -0.2) is 63.6 Å². The van der Waals surface area contributed by atoms with E-state index in [1.807, 2.05) is 18.3 Å². The summed E-state index contributed by atoms with van der Waals surface area (Å²) in [7, 11) is 0. The van der Waals surface area contributed by atoms with Crippen LogP contribution in [0.5, 0.6) is 5.75 Å². The van der Waals surface area contributed by atoms with Gasteiger partial charge < -0.3 is 15.6 Å². The van der Waals surface area contributed by atoms with Gasteiger partial charge in [-0.25, -0.2) is 9.97 Å². The van der Waals surface area contributed by atoms with Crippen LogP contribution in [0.1, 0.15) is 35.6 Å². The molecule has 5 rings (SSSR count). The van der Waals surface area contributed by atoms with Crippen molar-refractivity contribution in [2.45, 2.75) is 25.1 Å². The zero-order valence-corrected chi connectivity index (χ0v) is 18.6. The van der Waals surface area contributed by atoms with Crippen LogP contribution < -0.4 is 5.73 Å². The van der Waals surface area contributed by atoms with Crippen molar-refractivity contribution in [2.75, 3.05) is 32.8 Å². The number of primary amides is 1. The van der Waals surface area contributed by atoms with Gasteiger partial charge in [0.25, 0.3) is 0 Å². The molecule has 8 nitrogen and oxygen atoms in total. The molecule has 2 fully saturated rings. The van der Waals surface area contributed by atoms with Crippen molar-refractivity contribution in [3.63, 3.8) is 0 Å². The molecular formula is C23H27N5O3S. The molecule has 2 aromatic heterocycles. The summed E-state index contributed by atoms with van der Waals surface area (Å²) in [5.41, 5.74) is 7.50. The first kappa shape index (κ1) is 21.3. The molecule has 0 aliphatic carbocycles. The van der Waals surface area contributed by atoms with Crippen molar-refractivity contribution < 1.29 is 14.6 Å². The Balaban J connectivity index is 1.44. The summed E-state index contributed by atoms with van der Waals surface area (Å²) in [6.45, 7) is 3.75.